The Labute approximate surface area is 295 Å². The molecule has 1 unspecified atom stereocenters. The normalized spacial score (nSPS) is 28.0. The molecule has 0 spiro atoms. The second kappa shape index (κ2) is 17.1. The Morgan fingerprint density at radius 1 is 1.00 bits per heavy atom. The second-order valence-corrected chi connectivity index (χ2v) is 16.5. The Balaban J connectivity index is 1.30. The fraction of sp³-hybridized carbons (Fsp3) is 0.750. The van der Waals surface area contributed by atoms with Gasteiger partial charge < -0.3 is 29.7 Å². The minimum Gasteiger partial charge on any atom is -0.453 e. The molecular formula is C36H55ClN4O6S. The van der Waals surface area contributed by atoms with Crippen molar-refractivity contribution in [2.24, 2.45) is 11.8 Å². The molecule has 3 heterocycles. The van der Waals surface area contributed by atoms with Crippen LogP contribution in [-0.4, -0.2) is 96.2 Å². The number of benzene rings is 1. The zero-order valence-electron chi connectivity index (χ0n) is 29.1. The molecule has 1 aromatic carbocycles. The predicted octanol–water partition coefficient (Wildman–Crippen LogP) is 6.76. The van der Waals surface area contributed by atoms with Gasteiger partial charge in [-0.1, -0.05) is 48.5 Å². The number of carbonyl (C=O) groups excluding carboxylic acids is 3. The zero-order valence-corrected chi connectivity index (χ0v) is 30.7. The van der Waals surface area contributed by atoms with Crippen molar-refractivity contribution in [3.8, 4) is 0 Å². The lowest BCUT2D eigenvalue weighted by atomic mass is 9.76. The summed E-state index contributed by atoms with van der Waals surface area (Å²) in [5.41, 5.74) is 0.428. The SMILES string of the molecule is COC(=O)N[C@H](C(=O)N[C@H]1CCCC[C@@H]1CC[C@H]1CN(C(=O)OC(C)(C)C)[C@@H]2CCCSN1C2)[C@@H](c1ccc(Cl)cc1)C1CCOCC1. The summed E-state index contributed by atoms with van der Waals surface area (Å²) in [5, 5.41) is 6.97. The molecule has 10 nitrogen and oxygen atoms in total. The molecule has 1 saturated carbocycles. The van der Waals surface area contributed by atoms with Crippen LogP contribution in [0.1, 0.15) is 96.5 Å². The third-order valence-corrected chi connectivity index (χ3v) is 12.0. The highest BCUT2D eigenvalue weighted by Crippen LogP contribution is 2.38. The molecule has 0 radical (unpaired) electrons. The molecule has 2 bridgehead atoms. The van der Waals surface area contributed by atoms with E-state index in [1.54, 1.807) is 0 Å². The summed E-state index contributed by atoms with van der Waals surface area (Å²) in [4.78, 5) is 42.3. The average molecular weight is 707 g/mol. The molecule has 3 aliphatic heterocycles. The van der Waals surface area contributed by atoms with Crippen molar-refractivity contribution in [2.45, 2.75) is 121 Å². The van der Waals surface area contributed by atoms with E-state index in [9.17, 15) is 14.4 Å². The van der Waals surface area contributed by atoms with Gasteiger partial charge in [-0.15, -0.1) is 0 Å². The van der Waals surface area contributed by atoms with Gasteiger partial charge in [-0.25, -0.2) is 13.9 Å². The molecule has 1 aliphatic carbocycles. The van der Waals surface area contributed by atoms with Gasteiger partial charge in [0.1, 0.15) is 11.6 Å². The maximum Gasteiger partial charge on any atom is 0.410 e. The first-order chi connectivity index (χ1) is 23.0. The van der Waals surface area contributed by atoms with Crippen molar-refractivity contribution >= 4 is 41.6 Å². The topological polar surface area (TPSA) is 109 Å². The van der Waals surface area contributed by atoms with E-state index >= 15 is 0 Å². The molecule has 3 saturated heterocycles. The van der Waals surface area contributed by atoms with Gasteiger partial charge >= 0.3 is 12.2 Å². The average Bonchev–Trinajstić information content (AvgIpc) is 3.27. The van der Waals surface area contributed by atoms with Gasteiger partial charge in [-0.3, -0.25) is 4.79 Å². The van der Waals surface area contributed by atoms with E-state index < -0.39 is 17.7 Å². The number of halogens is 1. The Morgan fingerprint density at radius 2 is 1.73 bits per heavy atom. The molecule has 7 atom stereocenters. The highest BCUT2D eigenvalue weighted by atomic mass is 35.5. The number of carbonyl (C=O) groups is 3. The first kappa shape index (κ1) is 37.1. The van der Waals surface area contributed by atoms with E-state index in [0.717, 1.165) is 82.1 Å². The summed E-state index contributed by atoms with van der Waals surface area (Å²) in [6.45, 7) is 8.53. The highest BCUT2D eigenvalue weighted by molar-refractivity contribution is 7.97. The number of methoxy groups -OCH3 is 1. The van der Waals surface area contributed by atoms with E-state index in [2.05, 4.69) is 14.9 Å². The lowest BCUT2D eigenvalue weighted by Gasteiger charge is -2.45. The van der Waals surface area contributed by atoms with Crippen molar-refractivity contribution in [2.75, 3.05) is 39.2 Å². The van der Waals surface area contributed by atoms with Crippen LogP contribution in [0.15, 0.2) is 24.3 Å². The third-order valence-electron chi connectivity index (χ3n) is 10.4. The van der Waals surface area contributed by atoms with Gasteiger partial charge in [0, 0.05) is 61.1 Å². The van der Waals surface area contributed by atoms with Gasteiger partial charge in [0.15, 0.2) is 0 Å². The smallest absolute Gasteiger partial charge is 0.410 e. The summed E-state index contributed by atoms with van der Waals surface area (Å²) in [7, 11) is 1.33. The summed E-state index contributed by atoms with van der Waals surface area (Å²) in [6.07, 6.45) is 8.85. The van der Waals surface area contributed by atoms with Crippen molar-refractivity contribution < 1.29 is 28.6 Å². The number of nitrogens with one attached hydrogen (secondary N) is 2. The van der Waals surface area contributed by atoms with Gasteiger partial charge in [0.05, 0.1) is 7.11 Å². The molecule has 268 valence electrons. The fourth-order valence-electron chi connectivity index (χ4n) is 8.03. The number of fused-ring (bicyclic) bond motifs is 2. The maximum absolute atomic E-state index is 14.3. The lowest BCUT2D eigenvalue weighted by Crippen LogP contribution is -2.58. The standard InChI is InChI=1S/C36H55ClN4O6S/c1-36(2,3)47-35(44)40-22-29(41-23-28(40)9-7-21-48-41)16-13-24-8-5-6-10-30(24)38-33(42)32(39-34(43)45-4)31(26-17-19-46-20-18-26)25-11-14-27(37)15-12-25/h11-12,14-15,24,26,28-32H,5-10,13,16-23H2,1-4H3,(H,38,42)(H,39,43)/t24-,28-,29+,30+,31+,32+/m1/s1. The van der Waals surface area contributed by atoms with Crippen LogP contribution in [0, 0.1) is 11.8 Å². The highest BCUT2D eigenvalue weighted by Gasteiger charge is 2.42. The molecule has 2 N–H and O–H groups in total. The number of nitrogens with zero attached hydrogens (tertiary/aromatic N) is 2. The quantitative estimate of drug-likeness (QED) is 0.271. The number of ether oxygens (including phenoxy) is 3. The number of piperazine rings is 1. The molecule has 1 aromatic rings. The Kier molecular flexibility index (Phi) is 13.2. The van der Waals surface area contributed by atoms with Crippen LogP contribution < -0.4 is 10.6 Å². The molecule has 48 heavy (non-hydrogen) atoms. The lowest BCUT2D eigenvalue weighted by molar-refractivity contribution is -0.125. The van der Waals surface area contributed by atoms with Crippen LogP contribution in [0.5, 0.6) is 0 Å². The van der Waals surface area contributed by atoms with Crippen molar-refractivity contribution in [1.82, 2.24) is 19.8 Å². The minimum absolute atomic E-state index is 0.00355. The van der Waals surface area contributed by atoms with Gasteiger partial charge in [-0.05, 0) is 102 Å². The number of hydrogen-bond acceptors (Lipinski definition) is 8. The zero-order chi connectivity index (χ0) is 34.3. The first-order valence-corrected chi connectivity index (χ1v) is 19.2. The van der Waals surface area contributed by atoms with Crippen LogP contribution >= 0.6 is 23.5 Å². The number of amides is 3. The maximum atomic E-state index is 14.3. The predicted molar refractivity (Wildman–Crippen MR) is 189 cm³/mol. The van der Waals surface area contributed by atoms with Crippen LogP contribution in [0.2, 0.25) is 5.02 Å². The Morgan fingerprint density at radius 3 is 2.44 bits per heavy atom. The van der Waals surface area contributed by atoms with Crippen molar-refractivity contribution in [1.29, 1.82) is 0 Å². The monoisotopic (exact) mass is 706 g/mol. The van der Waals surface area contributed by atoms with Gasteiger partial charge in [-0.2, -0.15) is 0 Å². The summed E-state index contributed by atoms with van der Waals surface area (Å²) in [5.74, 6) is 1.07. The van der Waals surface area contributed by atoms with Gasteiger partial charge in [0.25, 0.3) is 0 Å². The van der Waals surface area contributed by atoms with Gasteiger partial charge in [0.2, 0.25) is 5.91 Å². The Hall–Kier alpha value is -2.21. The van der Waals surface area contributed by atoms with Crippen molar-refractivity contribution in [3.63, 3.8) is 0 Å². The molecule has 3 amide bonds. The largest absolute Gasteiger partial charge is 0.453 e. The molecule has 4 aliphatic rings. The van der Waals surface area contributed by atoms with Crippen LogP contribution in [-0.2, 0) is 19.0 Å². The van der Waals surface area contributed by atoms with E-state index in [0.29, 0.717) is 30.7 Å². The van der Waals surface area contributed by atoms with E-state index in [-0.39, 0.29) is 42.0 Å². The van der Waals surface area contributed by atoms with E-state index in [4.69, 9.17) is 25.8 Å². The van der Waals surface area contributed by atoms with E-state index in [1.165, 1.54) is 7.11 Å². The minimum atomic E-state index is -0.810. The number of rotatable bonds is 9. The van der Waals surface area contributed by atoms with Crippen LogP contribution in [0.4, 0.5) is 9.59 Å². The Bertz CT molecular complexity index is 1230. The molecule has 5 rings (SSSR count). The summed E-state index contributed by atoms with van der Waals surface area (Å²) >= 11 is 8.16. The number of alkyl carbamates (subject to hydrolysis) is 1. The first-order valence-electron chi connectivity index (χ1n) is 17.9. The van der Waals surface area contributed by atoms with Crippen LogP contribution in [0.3, 0.4) is 0 Å². The molecule has 12 heteroatoms. The molecule has 0 aromatic heterocycles. The second-order valence-electron chi connectivity index (χ2n) is 14.9. The van der Waals surface area contributed by atoms with Crippen LogP contribution in [0.25, 0.3) is 0 Å². The van der Waals surface area contributed by atoms with Crippen molar-refractivity contribution in [3.05, 3.63) is 34.9 Å². The summed E-state index contributed by atoms with van der Waals surface area (Å²) < 4.78 is 19.0. The molecule has 4 fully saturated rings. The van der Waals surface area contributed by atoms with E-state index in [1.807, 2.05) is 61.9 Å². The number of hydrogen-bond donors (Lipinski definition) is 2. The third kappa shape index (κ3) is 9.94. The summed E-state index contributed by atoms with van der Waals surface area (Å²) in [6, 6.07) is 7.20. The molecular weight excluding hydrogens is 652 g/mol. The fourth-order valence-corrected chi connectivity index (χ4v) is 9.35.